The number of hydrogen-bond acceptors (Lipinski definition) is 5. The first-order valence-corrected chi connectivity index (χ1v) is 7.62. The van der Waals surface area contributed by atoms with Gasteiger partial charge in [-0.25, -0.2) is 4.79 Å². The summed E-state index contributed by atoms with van der Waals surface area (Å²) >= 11 is 0. The van der Waals surface area contributed by atoms with Gasteiger partial charge in [-0.3, -0.25) is 18.9 Å². The van der Waals surface area contributed by atoms with Crippen LogP contribution in [0.3, 0.4) is 0 Å². The number of imidazole rings is 1. The third-order valence-corrected chi connectivity index (χ3v) is 4.14. The Labute approximate surface area is 132 Å². The summed E-state index contributed by atoms with van der Waals surface area (Å²) in [6, 6.07) is 0.0798. The molecule has 23 heavy (non-hydrogen) atoms. The van der Waals surface area contributed by atoms with E-state index in [2.05, 4.69) is 26.7 Å². The fourth-order valence-electron chi connectivity index (χ4n) is 2.92. The van der Waals surface area contributed by atoms with Crippen LogP contribution in [0.5, 0.6) is 0 Å². The summed E-state index contributed by atoms with van der Waals surface area (Å²) < 4.78 is 2.81. The van der Waals surface area contributed by atoms with Crippen LogP contribution in [-0.4, -0.2) is 38.2 Å². The largest absolute Gasteiger partial charge is 0.341 e. The van der Waals surface area contributed by atoms with E-state index >= 15 is 0 Å². The maximum atomic E-state index is 12.5. The van der Waals surface area contributed by atoms with Gasteiger partial charge >= 0.3 is 5.69 Å². The van der Waals surface area contributed by atoms with E-state index in [1.807, 2.05) is 0 Å². The number of piperidine rings is 1. The van der Waals surface area contributed by atoms with Crippen LogP contribution in [0.2, 0.25) is 0 Å². The molecule has 1 aliphatic heterocycles. The molecule has 1 fully saturated rings. The zero-order valence-corrected chi connectivity index (χ0v) is 13.3. The number of nitrogens with zero attached hydrogens (tertiary/aromatic N) is 4. The van der Waals surface area contributed by atoms with Gasteiger partial charge in [-0.2, -0.15) is 4.98 Å². The first-order chi connectivity index (χ1) is 11.0. The number of nitrogens with two attached hydrogens (primary N) is 1. The number of H-pyrrole nitrogens is 1. The Morgan fingerprint density at radius 2 is 2.22 bits per heavy atom. The molecule has 0 spiro atoms. The highest BCUT2D eigenvalue weighted by atomic mass is 16.2. The third-order valence-electron chi connectivity index (χ3n) is 4.14. The lowest BCUT2D eigenvalue weighted by Crippen LogP contribution is -2.44. The van der Waals surface area contributed by atoms with Gasteiger partial charge in [0.25, 0.3) is 5.56 Å². The van der Waals surface area contributed by atoms with E-state index in [0.29, 0.717) is 30.2 Å². The summed E-state index contributed by atoms with van der Waals surface area (Å²) in [7, 11) is 1.44. The van der Waals surface area contributed by atoms with Crippen LogP contribution in [-0.2, 0) is 13.6 Å². The number of aromatic amines is 1. The van der Waals surface area contributed by atoms with Gasteiger partial charge in [-0.05, 0) is 19.8 Å². The fourth-order valence-corrected chi connectivity index (χ4v) is 2.92. The number of aromatic nitrogens is 4. The molecule has 0 unspecified atom stereocenters. The maximum absolute atomic E-state index is 12.5. The Kier molecular flexibility index (Phi) is 3.96. The predicted octanol–water partition coefficient (Wildman–Crippen LogP) is -0.626. The molecular weight excluding hydrogens is 296 g/mol. The summed E-state index contributed by atoms with van der Waals surface area (Å²) in [6.45, 7) is 3.58. The molecule has 8 nitrogen and oxygen atoms in total. The van der Waals surface area contributed by atoms with Crippen molar-refractivity contribution in [1.29, 1.82) is 0 Å². The molecule has 0 radical (unpaired) electrons. The second kappa shape index (κ2) is 5.93. The molecule has 0 bridgehead atoms. The van der Waals surface area contributed by atoms with Crippen molar-refractivity contribution in [3.05, 3.63) is 20.8 Å². The molecule has 122 valence electrons. The van der Waals surface area contributed by atoms with Crippen LogP contribution in [0.1, 0.15) is 19.8 Å². The number of rotatable bonds is 2. The first kappa shape index (κ1) is 15.4. The number of anilines is 1. The highest BCUT2D eigenvalue weighted by molar-refractivity contribution is 5.74. The van der Waals surface area contributed by atoms with Gasteiger partial charge in [0, 0.05) is 26.2 Å². The monoisotopic (exact) mass is 316 g/mol. The van der Waals surface area contributed by atoms with Crippen molar-refractivity contribution in [2.45, 2.75) is 32.4 Å². The van der Waals surface area contributed by atoms with Gasteiger partial charge in [-0.15, -0.1) is 5.92 Å². The molecule has 2 aromatic rings. The number of nitrogens with one attached hydrogen (secondary N) is 1. The Hall–Kier alpha value is -2.53. The smallest absolute Gasteiger partial charge is 0.329 e. The van der Waals surface area contributed by atoms with Gasteiger partial charge in [0.2, 0.25) is 5.95 Å². The molecule has 8 heteroatoms. The zero-order valence-electron chi connectivity index (χ0n) is 13.3. The molecule has 3 heterocycles. The van der Waals surface area contributed by atoms with Crippen LogP contribution >= 0.6 is 0 Å². The molecule has 3 rings (SSSR count). The predicted molar refractivity (Wildman–Crippen MR) is 88.5 cm³/mol. The standard InChI is InChI=1S/C15H20N6O2/c1-3-4-8-21-11-12(18-15(23)19(2)13(11)22)17-14(21)20-7-5-6-10(16)9-20/h10H,5-9,16H2,1-2H3,(H,18,23)/t10-/m1/s1. The van der Waals surface area contributed by atoms with Gasteiger partial charge in [-0.1, -0.05) is 5.92 Å². The molecule has 1 atom stereocenters. The summed E-state index contributed by atoms with van der Waals surface area (Å²) in [5.41, 5.74) is 5.87. The van der Waals surface area contributed by atoms with Crippen LogP contribution in [0, 0.1) is 11.8 Å². The van der Waals surface area contributed by atoms with E-state index in [1.165, 1.54) is 7.05 Å². The van der Waals surface area contributed by atoms with Crippen molar-refractivity contribution < 1.29 is 0 Å². The van der Waals surface area contributed by atoms with E-state index in [1.54, 1.807) is 11.5 Å². The van der Waals surface area contributed by atoms with Gasteiger partial charge in [0.05, 0.1) is 6.54 Å². The van der Waals surface area contributed by atoms with Crippen molar-refractivity contribution in [3.63, 3.8) is 0 Å². The molecule has 0 aromatic carbocycles. The number of hydrogen-bond donors (Lipinski definition) is 2. The van der Waals surface area contributed by atoms with Crippen molar-refractivity contribution in [1.82, 2.24) is 19.1 Å². The average Bonchev–Trinajstić information content (AvgIpc) is 2.89. The van der Waals surface area contributed by atoms with Crippen LogP contribution < -0.4 is 21.9 Å². The first-order valence-electron chi connectivity index (χ1n) is 7.62. The normalized spacial score (nSPS) is 18.0. The Morgan fingerprint density at radius 3 is 2.91 bits per heavy atom. The second-order valence-corrected chi connectivity index (χ2v) is 5.76. The van der Waals surface area contributed by atoms with Crippen molar-refractivity contribution in [3.8, 4) is 11.8 Å². The second-order valence-electron chi connectivity index (χ2n) is 5.76. The molecule has 1 saturated heterocycles. The average molecular weight is 316 g/mol. The Morgan fingerprint density at radius 1 is 1.43 bits per heavy atom. The Balaban J connectivity index is 2.23. The topological polar surface area (TPSA) is 102 Å². The highest BCUT2D eigenvalue weighted by Gasteiger charge is 2.24. The lowest BCUT2D eigenvalue weighted by molar-refractivity contribution is 0.496. The zero-order chi connectivity index (χ0) is 16.6. The molecule has 0 aliphatic carbocycles. The van der Waals surface area contributed by atoms with Crippen molar-refractivity contribution in [2.75, 3.05) is 18.0 Å². The fraction of sp³-hybridized carbons (Fsp3) is 0.533. The summed E-state index contributed by atoms with van der Waals surface area (Å²) in [4.78, 5) is 33.5. The van der Waals surface area contributed by atoms with E-state index in [4.69, 9.17) is 5.73 Å². The molecule has 1 aliphatic rings. The van der Waals surface area contributed by atoms with E-state index < -0.39 is 5.69 Å². The lowest BCUT2D eigenvalue weighted by Gasteiger charge is -2.31. The summed E-state index contributed by atoms with van der Waals surface area (Å²) in [5.74, 6) is 6.44. The van der Waals surface area contributed by atoms with Crippen molar-refractivity contribution in [2.24, 2.45) is 12.8 Å². The van der Waals surface area contributed by atoms with Crippen LogP contribution in [0.15, 0.2) is 9.59 Å². The molecule has 2 aromatic heterocycles. The minimum absolute atomic E-state index is 0.0798. The van der Waals surface area contributed by atoms with Gasteiger partial charge in [0.1, 0.15) is 0 Å². The Bertz CT molecular complexity index is 910. The van der Waals surface area contributed by atoms with Gasteiger partial charge < -0.3 is 10.6 Å². The lowest BCUT2D eigenvalue weighted by atomic mass is 10.1. The van der Waals surface area contributed by atoms with Crippen molar-refractivity contribution >= 4 is 17.1 Å². The third kappa shape index (κ3) is 2.64. The molecule has 0 amide bonds. The van der Waals surface area contributed by atoms with E-state index in [9.17, 15) is 9.59 Å². The number of fused-ring (bicyclic) bond motifs is 1. The molecule has 0 saturated carbocycles. The SMILES string of the molecule is CC#CCn1c(N2CCC[C@@H](N)C2)nc2[nH]c(=O)n(C)c(=O)c21. The van der Waals surface area contributed by atoms with Gasteiger partial charge in [0.15, 0.2) is 11.2 Å². The van der Waals surface area contributed by atoms with E-state index in [0.717, 1.165) is 24.0 Å². The van der Waals surface area contributed by atoms with Crippen LogP contribution in [0.25, 0.3) is 11.2 Å². The molecular formula is C15H20N6O2. The van der Waals surface area contributed by atoms with E-state index in [-0.39, 0.29) is 11.6 Å². The summed E-state index contributed by atoms with van der Waals surface area (Å²) in [6.07, 6.45) is 1.95. The molecule has 3 N–H and O–H groups in total. The minimum Gasteiger partial charge on any atom is -0.341 e. The summed E-state index contributed by atoms with van der Waals surface area (Å²) in [5, 5.41) is 0. The maximum Gasteiger partial charge on any atom is 0.329 e. The minimum atomic E-state index is -0.476. The van der Waals surface area contributed by atoms with Crippen LogP contribution in [0.4, 0.5) is 5.95 Å². The highest BCUT2D eigenvalue weighted by Crippen LogP contribution is 2.21. The quantitative estimate of drug-likeness (QED) is 0.719.